The second-order valence-corrected chi connectivity index (χ2v) is 5.10. The smallest absolute Gasteiger partial charge is 0.188 e. The molecule has 0 aliphatic heterocycles. The molecule has 3 nitrogen and oxygen atoms in total. The highest BCUT2D eigenvalue weighted by Crippen LogP contribution is 2.35. The molecule has 0 saturated carbocycles. The van der Waals surface area contributed by atoms with Crippen LogP contribution in [-0.4, -0.2) is 36.8 Å². The van der Waals surface area contributed by atoms with Crippen LogP contribution in [0.15, 0.2) is 10.5 Å². The summed E-state index contributed by atoms with van der Waals surface area (Å²) in [6, 6.07) is 2.07. The molecule has 0 amide bonds. The van der Waals surface area contributed by atoms with E-state index in [4.69, 9.17) is 9.84 Å². The standard InChI is InChI=1S/C10H16BrNO2S/c1-3-12(4-5-13)7-8-6-9(11)10(14-2)15-8/h6,13H,3-5,7H2,1-2H3. The number of thiophene rings is 1. The Hall–Kier alpha value is -0.100. The number of likely N-dealkylation sites (N-methyl/N-ethyl adjacent to an activating group) is 1. The summed E-state index contributed by atoms with van der Waals surface area (Å²) in [6.45, 7) is 4.82. The molecule has 0 aliphatic carbocycles. The third-order valence-corrected chi connectivity index (χ3v) is 4.07. The fourth-order valence-corrected chi connectivity index (χ4v) is 3.06. The summed E-state index contributed by atoms with van der Waals surface area (Å²) in [5, 5.41) is 9.79. The van der Waals surface area contributed by atoms with E-state index in [-0.39, 0.29) is 6.61 Å². The molecule has 0 radical (unpaired) electrons. The molecular weight excluding hydrogens is 278 g/mol. The van der Waals surface area contributed by atoms with E-state index in [0.29, 0.717) is 6.54 Å². The van der Waals surface area contributed by atoms with Crippen LogP contribution in [0, 0.1) is 0 Å². The van der Waals surface area contributed by atoms with Crippen molar-refractivity contribution >= 4 is 27.3 Å². The van der Waals surface area contributed by atoms with Crippen LogP contribution >= 0.6 is 27.3 Å². The number of aliphatic hydroxyl groups is 1. The summed E-state index contributed by atoms with van der Waals surface area (Å²) in [5.74, 6) is 0. The predicted octanol–water partition coefficient (Wildman–Crippen LogP) is 2.33. The van der Waals surface area contributed by atoms with E-state index in [0.717, 1.165) is 22.6 Å². The van der Waals surface area contributed by atoms with Crippen molar-refractivity contribution < 1.29 is 9.84 Å². The third-order valence-electron chi connectivity index (χ3n) is 2.13. The van der Waals surface area contributed by atoms with E-state index in [1.165, 1.54) is 4.88 Å². The Kier molecular flexibility index (Phi) is 5.60. The van der Waals surface area contributed by atoms with Crippen LogP contribution in [0.1, 0.15) is 11.8 Å². The van der Waals surface area contributed by atoms with Gasteiger partial charge < -0.3 is 9.84 Å². The summed E-state index contributed by atoms with van der Waals surface area (Å²) >= 11 is 5.08. The van der Waals surface area contributed by atoms with Gasteiger partial charge in [-0.1, -0.05) is 6.92 Å². The Balaban J connectivity index is 2.62. The zero-order valence-corrected chi connectivity index (χ0v) is 11.4. The summed E-state index contributed by atoms with van der Waals surface area (Å²) in [7, 11) is 1.67. The van der Waals surface area contributed by atoms with E-state index in [1.807, 2.05) is 0 Å². The lowest BCUT2D eigenvalue weighted by molar-refractivity contribution is 0.198. The maximum Gasteiger partial charge on any atom is 0.188 e. The van der Waals surface area contributed by atoms with Gasteiger partial charge in [0.1, 0.15) is 0 Å². The number of hydrogen-bond acceptors (Lipinski definition) is 4. The van der Waals surface area contributed by atoms with Crippen LogP contribution in [-0.2, 0) is 6.54 Å². The summed E-state index contributed by atoms with van der Waals surface area (Å²) in [4.78, 5) is 3.44. The van der Waals surface area contributed by atoms with E-state index in [1.54, 1.807) is 18.4 Å². The number of nitrogens with zero attached hydrogens (tertiary/aromatic N) is 1. The van der Waals surface area contributed by atoms with Gasteiger partial charge in [-0.25, -0.2) is 0 Å². The molecule has 5 heteroatoms. The SMILES string of the molecule is CCN(CCO)Cc1cc(Br)c(OC)s1. The fraction of sp³-hybridized carbons (Fsp3) is 0.600. The minimum Gasteiger partial charge on any atom is -0.486 e. The Labute approximate surface area is 103 Å². The van der Waals surface area contributed by atoms with Crippen molar-refractivity contribution in [2.24, 2.45) is 0 Å². The molecule has 0 aromatic carbocycles. The van der Waals surface area contributed by atoms with Gasteiger partial charge in [-0.05, 0) is 28.5 Å². The Morgan fingerprint density at radius 1 is 1.60 bits per heavy atom. The Morgan fingerprint density at radius 2 is 2.33 bits per heavy atom. The molecule has 1 aromatic heterocycles. The maximum absolute atomic E-state index is 8.88. The molecule has 0 aliphatic rings. The lowest BCUT2D eigenvalue weighted by Gasteiger charge is -2.17. The lowest BCUT2D eigenvalue weighted by atomic mass is 10.4. The minimum atomic E-state index is 0.206. The second kappa shape index (κ2) is 6.48. The normalized spacial score (nSPS) is 11.0. The van der Waals surface area contributed by atoms with Crippen LogP contribution in [0.25, 0.3) is 0 Å². The highest BCUT2D eigenvalue weighted by molar-refractivity contribution is 9.10. The minimum absolute atomic E-state index is 0.206. The largest absolute Gasteiger partial charge is 0.486 e. The van der Waals surface area contributed by atoms with Crippen molar-refractivity contribution in [2.75, 3.05) is 26.8 Å². The van der Waals surface area contributed by atoms with Gasteiger partial charge in [0.2, 0.25) is 0 Å². The Morgan fingerprint density at radius 3 is 2.80 bits per heavy atom. The molecule has 0 fully saturated rings. The van der Waals surface area contributed by atoms with Crippen LogP contribution in [0.4, 0.5) is 0 Å². The summed E-state index contributed by atoms with van der Waals surface area (Å²) in [6.07, 6.45) is 0. The molecule has 0 bridgehead atoms. The zero-order valence-electron chi connectivity index (χ0n) is 8.99. The number of methoxy groups -OCH3 is 1. The van der Waals surface area contributed by atoms with Crippen molar-refractivity contribution in [3.8, 4) is 5.06 Å². The first-order valence-corrected chi connectivity index (χ1v) is 6.47. The van der Waals surface area contributed by atoms with E-state index < -0.39 is 0 Å². The van der Waals surface area contributed by atoms with Crippen LogP contribution in [0.3, 0.4) is 0 Å². The highest BCUT2D eigenvalue weighted by Gasteiger charge is 2.09. The molecule has 1 rings (SSSR count). The van der Waals surface area contributed by atoms with Gasteiger partial charge in [-0.2, -0.15) is 0 Å². The van der Waals surface area contributed by atoms with Crippen molar-refractivity contribution in [1.29, 1.82) is 0 Å². The van der Waals surface area contributed by atoms with Gasteiger partial charge in [0.15, 0.2) is 5.06 Å². The van der Waals surface area contributed by atoms with Crippen molar-refractivity contribution in [3.63, 3.8) is 0 Å². The van der Waals surface area contributed by atoms with Gasteiger partial charge in [0.05, 0.1) is 18.2 Å². The molecule has 0 atom stereocenters. The summed E-state index contributed by atoms with van der Waals surface area (Å²) < 4.78 is 6.21. The fourth-order valence-electron chi connectivity index (χ4n) is 1.33. The highest BCUT2D eigenvalue weighted by atomic mass is 79.9. The van der Waals surface area contributed by atoms with Gasteiger partial charge in [-0.3, -0.25) is 4.90 Å². The van der Waals surface area contributed by atoms with Gasteiger partial charge in [0.25, 0.3) is 0 Å². The van der Waals surface area contributed by atoms with Gasteiger partial charge in [-0.15, -0.1) is 11.3 Å². The molecular formula is C10H16BrNO2S. The molecule has 1 N–H and O–H groups in total. The molecule has 1 heterocycles. The predicted molar refractivity (Wildman–Crippen MR) is 66.6 cm³/mol. The van der Waals surface area contributed by atoms with Crippen molar-refractivity contribution in [2.45, 2.75) is 13.5 Å². The van der Waals surface area contributed by atoms with E-state index in [9.17, 15) is 0 Å². The first-order chi connectivity index (χ1) is 7.21. The monoisotopic (exact) mass is 293 g/mol. The van der Waals surface area contributed by atoms with Crippen molar-refractivity contribution in [3.05, 3.63) is 15.4 Å². The van der Waals surface area contributed by atoms with Gasteiger partial charge in [0, 0.05) is 18.0 Å². The summed E-state index contributed by atoms with van der Waals surface area (Å²) in [5.41, 5.74) is 0. The van der Waals surface area contributed by atoms with Crippen LogP contribution in [0.2, 0.25) is 0 Å². The molecule has 0 unspecified atom stereocenters. The number of halogens is 1. The molecule has 15 heavy (non-hydrogen) atoms. The molecule has 0 spiro atoms. The number of hydrogen-bond donors (Lipinski definition) is 1. The zero-order chi connectivity index (χ0) is 11.3. The molecule has 0 saturated heterocycles. The second-order valence-electron chi connectivity index (χ2n) is 3.14. The third kappa shape index (κ3) is 3.75. The molecule has 1 aromatic rings. The molecule has 86 valence electrons. The maximum atomic E-state index is 8.88. The Bertz CT molecular complexity index is 304. The first kappa shape index (κ1) is 13.0. The number of ether oxygens (including phenoxy) is 1. The van der Waals surface area contributed by atoms with Crippen LogP contribution < -0.4 is 4.74 Å². The van der Waals surface area contributed by atoms with E-state index in [2.05, 4.69) is 33.8 Å². The average Bonchev–Trinajstić information content (AvgIpc) is 2.58. The number of rotatable bonds is 6. The average molecular weight is 294 g/mol. The quantitative estimate of drug-likeness (QED) is 0.874. The van der Waals surface area contributed by atoms with Gasteiger partial charge >= 0.3 is 0 Å². The first-order valence-electron chi connectivity index (χ1n) is 4.86. The van der Waals surface area contributed by atoms with E-state index >= 15 is 0 Å². The number of aliphatic hydroxyl groups excluding tert-OH is 1. The topological polar surface area (TPSA) is 32.7 Å². The van der Waals surface area contributed by atoms with Crippen molar-refractivity contribution in [1.82, 2.24) is 4.90 Å². The van der Waals surface area contributed by atoms with Crippen LogP contribution in [0.5, 0.6) is 5.06 Å². The lowest BCUT2D eigenvalue weighted by Crippen LogP contribution is -2.25.